The Kier molecular flexibility index (Phi) is 9.06. The monoisotopic (exact) mass is 385 g/mol. The lowest BCUT2D eigenvalue weighted by Crippen LogP contribution is -2.31. The summed E-state index contributed by atoms with van der Waals surface area (Å²) in [4.78, 5) is 34.7. The Balaban J connectivity index is 1.49. The number of benzene rings is 2. The van der Waals surface area contributed by atoms with Crippen LogP contribution in [0.5, 0.6) is 0 Å². The summed E-state index contributed by atoms with van der Waals surface area (Å²) in [5, 5.41) is 2.31. The van der Waals surface area contributed by atoms with Crippen LogP contribution in [0.2, 0.25) is 0 Å². The molecule has 2 rings (SSSR count). The van der Waals surface area contributed by atoms with Gasteiger partial charge in [-0.2, -0.15) is 0 Å². The minimum atomic E-state index is -0.703. The van der Waals surface area contributed by atoms with Gasteiger partial charge in [-0.3, -0.25) is 9.59 Å². The Morgan fingerprint density at radius 2 is 1.29 bits per heavy atom. The van der Waals surface area contributed by atoms with Crippen LogP contribution in [0.3, 0.4) is 0 Å². The number of rotatable bonds is 10. The van der Waals surface area contributed by atoms with E-state index >= 15 is 0 Å². The van der Waals surface area contributed by atoms with Crippen molar-refractivity contribution < 1.29 is 28.6 Å². The minimum absolute atomic E-state index is 0.0695. The fraction of sp³-hybridized carbons (Fsp3) is 0.286. The standard InChI is InChI=1S/C21H23NO6/c23-19(27-15-17-8-3-1-4-9-17)12-7-13-26-20(24)14-22-21(25)28-16-18-10-5-2-6-11-18/h1-6,8-11H,7,12-16H2,(H,22,25). The summed E-state index contributed by atoms with van der Waals surface area (Å²) in [6, 6.07) is 18.6. The highest BCUT2D eigenvalue weighted by atomic mass is 16.6. The summed E-state index contributed by atoms with van der Waals surface area (Å²) in [6.45, 7) is 0.105. The minimum Gasteiger partial charge on any atom is -0.464 e. The zero-order chi connectivity index (χ0) is 20.0. The van der Waals surface area contributed by atoms with E-state index in [1.54, 1.807) is 0 Å². The molecule has 2 aromatic rings. The molecule has 0 aromatic heterocycles. The Hall–Kier alpha value is -3.35. The van der Waals surface area contributed by atoms with Crippen molar-refractivity contribution in [3.8, 4) is 0 Å². The molecule has 28 heavy (non-hydrogen) atoms. The molecule has 0 aliphatic carbocycles. The number of carbonyl (C=O) groups excluding carboxylic acids is 3. The Bertz CT molecular complexity index is 748. The second kappa shape index (κ2) is 12.1. The van der Waals surface area contributed by atoms with Crippen molar-refractivity contribution in [3.63, 3.8) is 0 Å². The summed E-state index contributed by atoms with van der Waals surface area (Å²) in [7, 11) is 0. The van der Waals surface area contributed by atoms with Crippen LogP contribution in [0.15, 0.2) is 60.7 Å². The van der Waals surface area contributed by atoms with Gasteiger partial charge in [0, 0.05) is 6.42 Å². The average molecular weight is 385 g/mol. The quantitative estimate of drug-likeness (QED) is 0.384. The van der Waals surface area contributed by atoms with E-state index in [1.807, 2.05) is 60.7 Å². The van der Waals surface area contributed by atoms with Gasteiger partial charge < -0.3 is 19.5 Å². The van der Waals surface area contributed by atoms with E-state index < -0.39 is 12.1 Å². The van der Waals surface area contributed by atoms with Gasteiger partial charge in [0.2, 0.25) is 0 Å². The molecule has 7 nitrogen and oxygen atoms in total. The van der Waals surface area contributed by atoms with E-state index in [0.29, 0.717) is 6.42 Å². The molecule has 1 amide bonds. The van der Waals surface area contributed by atoms with E-state index in [2.05, 4.69) is 5.32 Å². The summed E-state index contributed by atoms with van der Waals surface area (Å²) in [5.74, 6) is -0.961. The molecule has 0 spiro atoms. The SMILES string of the molecule is O=C(CCCOC(=O)CNC(=O)OCc1ccccc1)OCc1ccccc1. The van der Waals surface area contributed by atoms with E-state index in [-0.39, 0.29) is 38.8 Å². The van der Waals surface area contributed by atoms with Crippen LogP contribution in [0, 0.1) is 0 Å². The number of carbonyl (C=O) groups is 3. The largest absolute Gasteiger partial charge is 0.464 e. The molecule has 0 bridgehead atoms. The van der Waals surface area contributed by atoms with Crippen LogP contribution in [-0.4, -0.2) is 31.2 Å². The Morgan fingerprint density at radius 1 is 0.714 bits per heavy atom. The van der Waals surface area contributed by atoms with Crippen LogP contribution < -0.4 is 5.32 Å². The maximum Gasteiger partial charge on any atom is 0.407 e. The van der Waals surface area contributed by atoms with Gasteiger partial charge in [0.25, 0.3) is 0 Å². The maximum absolute atomic E-state index is 11.6. The van der Waals surface area contributed by atoms with Crippen molar-refractivity contribution >= 4 is 18.0 Å². The van der Waals surface area contributed by atoms with Gasteiger partial charge in [-0.15, -0.1) is 0 Å². The predicted molar refractivity (Wildman–Crippen MR) is 101 cm³/mol. The molecule has 0 atom stereocenters. The molecular weight excluding hydrogens is 362 g/mol. The van der Waals surface area contributed by atoms with Crippen molar-refractivity contribution in [2.75, 3.05) is 13.2 Å². The van der Waals surface area contributed by atoms with Crippen LogP contribution in [0.1, 0.15) is 24.0 Å². The van der Waals surface area contributed by atoms with Crippen LogP contribution >= 0.6 is 0 Å². The number of amides is 1. The average Bonchev–Trinajstić information content (AvgIpc) is 2.74. The third kappa shape index (κ3) is 8.84. The number of hydrogen-bond donors (Lipinski definition) is 1. The van der Waals surface area contributed by atoms with E-state index in [4.69, 9.17) is 14.2 Å². The zero-order valence-electron chi connectivity index (χ0n) is 15.5. The van der Waals surface area contributed by atoms with Gasteiger partial charge in [-0.05, 0) is 17.5 Å². The molecule has 0 aliphatic rings. The topological polar surface area (TPSA) is 90.9 Å². The van der Waals surface area contributed by atoms with Gasteiger partial charge in [0.15, 0.2) is 0 Å². The molecule has 0 fully saturated rings. The lowest BCUT2D eigenvalue weighted by atomic mass is 10.2. The second-order valence-corrected chi connectivity index (χ2v) is 5.89. The first kappa shape index (κ1) is 21.0. The molecule has 1 N–H and O–H groups in total. The first-order chi connectivity index (χ1) is 13.6. The number of alkyl carbamates (subject to hydrolysis) is 1. The molecule has 0 unspecified atom stereocenters. The Morgan fingerprint density at radius 3 is 1.89 bits per heavy atom. The van der Waals surface area contributed by atoms with Gasteiger partial charge >= 0.3 is 18.0 Å². The zero-order valence-corrected chi connectivity index (χ0v) is 15.5. The molecular formula is C21H23NO6. The molecule has 0 heterocycles. The highest BCUT2D eigenvalue weighted by Gasteiger charge is 2.09. The first-order valence-electron chi connectivity index (χ1n) is 8.93. The Labute approximate surface area is 163 Å². The van der Waals surface area contributed by atoms with Crippen LogP contribution in [0.25, 0.3) is 0 Å². The van der Waals surface area contributed by atoms with Gasteiger partial charge in [0.05, 0.1) is 6.61 Å². The number of esters is 2. The van der Waals surface area contributed by atoms with Crippen molar-refractivity contribution in [2.24, 2.45) is 0 Å². The molecule has 2 aromatic carbocycles. The van der Waals surface area contributed by atoms with E-state index in [0.717, 1.165) is 11.1 Å². The molecule has 0 saturated heterocycles. The number of ether oxygens (including phenoxy) is 3. The third-order valence-electron chi connectivity index (χ3n) is 3.62. The predicted octanol–water partition coefficient (Wildman–Crippen LogP) is 2.98. The molecule has 0 saturated carbocycles. The lowest BCUT2D eigenvalue weighted by Gasteiger charge is -2.08. The van der Waals surface area contributed by atoms with Crippen molar-refractivity contribution in [1.82, 2.24) is 5.32 Å². The maximum atomic E-state index is 11.6. The molecule has 0 radical (unpaired) electrons. The summed E-state index contributed by atoms with van der Waals surface area (Å²) in [6.07, 6.45) is -0.213. The van der Waals surface area contributed by atoms with Gasteiger partial charge in [0.1, 0.15) is 19.8 Å². The summed E-state index contributed by atoms with van der Waals surface area (Å²) in [5.41, 5.74) is 1.76. The van der Waals surface area contributed by atoms with Gasteiger partial charge in [-0.25, -0.2) is 4.79 Å². The molecule has 148 valence electrons. The number of hydrogen-bond acceptors (Lipinski definition) is 6. The van der Waals surface area contributed by atoms with E-state index in [1.165, 1.54) is 0 Å². The van der Waals surface area contributed by atoms with Crippen molar-refractivity contribution in [3.05, 3.63) is 71.8 Å². The normalized spacial score (nSPS) is 10.0. The summed E-state index contributed by atoms with van der Waals surface area (Å²) < 4.78 is 15.1. The first-order valence-corrected chi connectivity index (χ1v) is 8.93. The second-order valence-electron chi connectivity index (χ2n) is 5.89. The van der Waals surface area contributed by atoms with Crippen LogP contribution in [0.4, 0.5) is 4.79 Å². The molecule has 0 aliphatic heterocycles. The van der Waals surface area contributed by atoms with Gasteiger partial charge in [-0.1, -0.05) is 60.7 Å². The lowest BCUT2D eigenvalue weighted by molar-refractivity contribution is -0.147. The fourth-order valence-corrected chi connectivity index (χ4v) is 2.18. The molecule has 7 heteroatoms. The highest BCUT2D eigenvalue weighted by molar-refractivity contribution is 5.77. The van der Waals surface area contributed by atoms with E-state index in [9.17, 15) is 14.4 Å². The fourth-order valence-electron chi connectivity index (χ4n) is 2.18. The van der Waals surface area contributed by atoms with Crippen LogP contribution in [-0.2, 0) is 37.0 Å². The van der Waals surface area contributed by atoms with Crippen molar-refractivity contribution in [1.29, 1.82) is 0 Å². The third-order valence-corrected chi connectivity index (χ3v) is 3.62. The smallest absolute Gasteiger partial charge is 0.407 e. The van der Waals surface area contributed by atoms with Crippen molar-refractivity contribution in [2.45, 2.75) is 26.1 Å². The number of nitrogens with one attached hydrogen (secondary N) is 1. The summed E-state index contributed by atoms with van der Waals surface area (Å²) >= 11 is 0. The highest BCUT2D eigenvalue weighted by Crippen LogP contribution is 2.03.